The normalized spacial score (nSPS) is 9.25. The SMILES string of the molecule is C.C.C.C.CCc1ccc(CC)c(C)c1.CCc1ccc(CC)c(C)n1.CCc1ccc(CC)nc1.CCc1nc(C)c(CC)c(C)n1. The maximum atomic E-state index is 4.46. The highest BCUT2D eigenvalue weighted by Crippen LogP contribution is 2.12. The van der Waals surface area contributed by atoms with Crippen LogP contribution in [0.1, 0.15) is 153 Å². The maximum Gasteiger partial charge on any atom is 0.128 e. The van der Waals surface area contributed by atoms with E-state index in [0.29, 0.717) is 0 Å². The second-order valence-corrected chi connectivity index (χ2v) is 11.1. The number of pyridine rings is 2. The van der Waals surface area contributed by atoms with E-state index in [9.17, 15) is 0 Å². The van der Waals surface area contributed by atoms with Gasteiger partial charge in [0.1, 0.15) is 5.82 Å². The molecule has 0 spiro atoms. The Bertz CT molecular complexity index is 1270. The Hall–Kier alpha value is -3.40. The van der Waals surface area contributed by atoms with Gasteiger partial charge in [-0.15, -0.1) is 0 Å². The van der Waals surface area contributed by atoms with Crippen molar-refractivity contribution < 1.29 is 0 Å². The molecule has 0 amide bonds. The summed E-state index contributed by atoms with van der Waals surface area (Å²) in [5.41, 5.74) is 14.2. The van der Waals surface area contributed by atoms with Crippen molar-refractivity contribution in [1.82, 2.24) is 19.9 Å². The largest absolute Gasteiger partial charge is 0.261 e. The third kappa shape index (κ3) is 17.7. The molecule has 3 aromatic heterocycles. The third-order valence-corrected chi connectivity index (χ3v) is 7.99. The second-order valence-electron chi connectivity index (χ2n) is 11.1. The lowest BCUT2D eigenvalue weighted by molar-refractivity contribution is 0.861. The average Bonchev–Trinajstić information content (AvgIpc) is 3.05. The van der Waals surface area contributed by atoms with Crippen molar-refractivity contribution >= 4 is 0 Å². The van der Waals surface area contributed by atoms with Gasteiger partial charge in [-0.1, -0.05) is 115 Å². The fourth-order valence-corrected chi connectivity index (χ4v) is 4.94. The zero-order valence-electron chi connectivity index (χ0n) is 30.1. The van der Waals surface area contributed by atoms with Gasteiger partial charge in [-0.05, 0) is 118 Å². The summed E-state index contributed by atoms with van der Waals surface area (Å²) in [6.45, 7) is 25.6. The molecule has 0 saturated carbocycles. The Morgan fingerprint density at radius 2 is 0.938 bits per heavy atom. The molecule has 3 heterocycles. The van der Waals surface area contributed by atoms with Crippen molar-refractivity contribution in [3.05, 3.63) is 116 Å². The van der Waals surface area contributed by atoms with E-state index < -0.39 is 0 Å². The van der Waals surface area contributed by atoms with E-state index in [0.717, 1.165) is 68.6 Å². The molecule has 4 nitrogen and oxygen atoms in total. The Morgan fingerprint density at radius 1 is 0.438 bits per heavy atom. The first-order valence-electron chi connectivity index (χ1n) is 16.9. The van der Waals surface area contributed by atoms with E-state index in [1.807, 2.05) is 6.20 Å². The Kier molecular flexibility index (Phi) is 30.6. The molecule has 48 heavy (non-hydrogen) atoms. The first kappa shape index (κ1) is 51.4. The maximum absolute atomic E-state index is 4.46. The number of hydrogen-bond donors (Lipinski definition) is 0. The molecule has 0 N–H and O–H groups in total. The summed E-state index contributed by atoms with van der Waals surface area (Å²) in [4.78, 5) is 17.6. The minimum atomic E-state index is 0. The predicted octanol–water partition coefficient (Wildman–Crippen LogP) is 12.6. The first-order chi connectivity index (χ1) is 21.1. The molecule has 0 bridgehead atoms. The van der Waals surface area contributed by atoms with Crippen molar-refractivity contribution in [3.63, 3.8) is 0 Å². The van der Waals surface area contributed by atoms with Crippen LogP contribution in [0.15, 0.2) is 48.7 Å². The van der Waals surface area contributed by atoms with Gasteiger partial charge in [0.15, 0.2) is 0 Å². The van der Waals surface area contributed by atoms with Gasteiger partial charge < -0.3 is 0 Å². The standard InChI is InChI=1S/C11H16.C10H16N2.C10H15N.C9H13N.4CH4/c1-4-10-6-7-11(5-2)9(3)8-10;1-5-9-7(3)11-10(6-2)12-8(9)4;1-4-9-6-7-10(5-2)11-8(9)3;1-3-8-5-6-9(4-2)10-7-8;;;;/h6-8H,4-5H2,1-3H3;5-6H2,1-4H3;6-7H,4-5H2,1-3H3;5-7H,3-4H2,1-2H3;4*1H4. The molecule has 4 heteroatoms. The van der Waals surface area contributed by atoms with Gasteiger partial charge in [-0.25, -0.2) is 9.97 Å². The third-order valence-electron chi connectivity index (χ3n) is 7.99. The summed E-state index contributed by atoms with van der Waals surface area (Å²) in [6, 6.07) is 15.3. The van der Waals surface area contributed by atoms with Gasteiger partial charge in [-0.2, -0.15) is 0 Å². The summed E-state index contributed by atoms with van der Waals surface area (Å²) in [5.74, 6) is 0.960. The van der Waals surface area contributed by atoms with E-state index in [-0.39, 0.29) is 29.7 Å². The Balaban J connectivity index is -0.000000262. The average molecular weight is 661 g/mol. The van der Waals surface area contributed by atoms with Crippen LogP contribution in [0.4, 0.5) is 0 Å². The molecule has 0 fully saturated rings. The Morgan fingerprint density at radius 3 is 1.31 bits per heavy atom. The van der Waals surface area contributed by atoms with Crippen molar-refractivity contribution in [2.24, 2.45) is 0 Å². The van der Waals surface area contributed by atoms with Gasteiger partial charge in [0, 0.05) is 41.1 Å². The van der Waals surface area contributed by atoms with Crippen LogP contribution in [-0.2, 0) is 51.4 Å². The summed E-state index contributed by atoms with van der Waals surface area (Å²) in [6.07, 6.45) is 10.4. The molecule has 0 aliphatic carbocycles. The molecule has 0 unspecified atom stereocenters. The van der Waals surface area contributed by atoms with Crippen molar-refractivity contribution in [2.75, 3.05) is 0 Å². The fraction of sp³-hybridized carbons (Fsp3) is 0.545. The predicted molar refractivity (Wildman–Crippen MR) is 218 cm³/mol. The van der Waals surface area contributed by atoms with E-state index >= 15 is 0 Å². The van der Waals surface area contributed by atoms with E-state index in [1.165, 1.54) is 50.5 Å². The quantitative estimate of drug-likeness (QED) is 0.189. The summed E-state index contributed by atoms with van der Waals surface area (Å²) >= 11 is 0. The molecular weight excluding hydrogens is 585 g/mol. The highest BCUT2D eigenvalue weighted by Gasteiger charge is 2.04. The molecule has 0 saturated heterocycles. The summed E-state index contributed by atoms with van der Waals surface area (Å²) in [7, 11) is 0. The first-order valence-corrected chi connectivity index (χ1v) is 16.9. The molecular formula is C44H76N4. The van der Waals surface area contributed by atoms with Crippen molar-refractivity contribution in [2.45, 2.75) is 164 Å². The van der Waals surface area contributed by atoms with Gasteiger partial charge in [0.25, 0.3) is 0 Å². The van der Waals surface area contributed by atoms with Crippen molar-refractivity contribution in [1.29, 1.82) is 0 Å². The molecule has 0 radical (unpaired) electrons. The van der Waals surface area contributed by atoms with Gasteiger partial charge in [-0.3, -0.25) is 9.97 Å². The molecule has 272 valence electrons. The molecule has 0 atom stereocenters. The highest BCUT2D eigenvalue weighted by atomic mass is 14.9. The fourth-order valence-electron chi connectivity index (χ4n) is 4.94. The Labute approximate surface area is 299 Å². The number of aryl methyl sites for hydroxylation is 11. The topological polar surface area (TPSA) is 51.6 Å². The van der Waals surface area contributed by atoms with Crippen LogP contribution in [-0.4, -0.2) is 19.9 Å². The lowest BCUT2D eigenvalue weighted by Gasteiger charge is -2.07. The van der Waals surface area contributed by atoms with Crippen LogP contribution >= 0.6 is 0 Å². The van der Waals surface area contributed by atoms with Crippen LogP contribution in [0.3, 0.4) is 0 Å². The second kappa shape index (κ2) is 28.6. The van der Waals surface area contributed by atoms with E-state index in [4.69, 9.17) is 0 Å². The molecule has 1 aromatic carbocycles. The van der Waals surface area contributed by atoms with Gasteiger partial charge in [0.05, 0.1) is 0 Å². The van der Waals surface area contributed by atoms with Crippen LogP contribution in [0.2, 0.25) is 0 Å². The number of rotatable bonds is 8. The minimum absolute atomic E-state index is 0. The zero-order valence-corrected chi connectivity index (χ0v) is 30.1. The smallest absolute Gasteiger partial charge is 0.128 e. The zero-order chi connectivity index (χ0) is 33.1. The molecule has 4 rings (SSSR count). The van der Waals surface area contributed by atoms with Gasteiger partial charge >= 0.3 is 0 Å². The van der Waals surface area contributed by atoms with Crippen LogP contribution in [0.25, 0.3) is 0 Å². The monoisotopic (exact) mass is 661 g/mol. The number of aromatic nitrogens is 4. The molecule has 4 aromatic rings. The highest BCUT2D eigenvalue weighted by molar-refractivity contribution is 5.31. The minimum Gasteiger partial charge on any atom is -0.261 e. The number of hydrogen-bond acceptors (Lipinski definition) is 4. The number of nitrogens with zero attached hydrogens (tertiary/aromatic N) is 4. The summed E-state index contributed by atoms with van der Waals surface area (Å²) in [5, 5.41) is 0. The van der Waals surface area contributed by atoms with Crippen LogP contribution in [0, 0.1) is 27.7 Å². The van der Waals surface area contributed by atoms with Crippen molar-refractivity contribution in [3.8, 4) is 0 Å². The molecule has 0 aliphatic heterocycles. The van der Waals surface area contributed by atoms with E-state index in [1.54, 1.807) is 0 Å². The molecule has 0 aliphatic rings. The van der Waals surface area contributed by atoms with Crippen LogP contribution in [0.5, 0.6) is 0 Å². The lowest BCUT2D eigenvalue weighted by atomic mass is 10.0. The summed E-state index contributed by atoms with van der Waals surface area (Å²) < 4.78 is 0. The van der Waals surface area contributed by atoms with Crippen LogP contribution < -0.4 is 0 Å². The van der Waals surface area contributed by atoms with Gasteiger partial charge in [0.2, 0.25) is 0 Å². The van der Waals surface area contributed by atoms with E-state index in [2.05, 4.69) is 145 Å². The number of benzene rings is 1. The lowest BCUT2D eigenvalue weighted by Crippen LogP contribution is -2.03.